The van der Waals surface area contributed by atoms with E-state index in [1.54, 1.807) is 6.08 Å². The van der Waals surface area contributed by atoms with Crippen molar-refractivity contribution in [1.29, 1.82) is 0 Å². The van der Waals surface area contributed by atoms with Crippen molar-refractivity contribution in [1.82, 2.24) is 0 Å². The minimum atomic E-state index is -2.47. The zero-order chi connectivity index (χ0) is 11.3. The van der Waals surface area contributed by atoms with Crippen molar-refractivity contribution in [2.75, 3.05) is 0 Å². The van der Waals surface area contributed by atoms with Crippen molar-refractivity contribution in [3.8, 4) is 0 Å². The van der Waals surface area contributed by atoms with Crippen LogP contribution < -0.4 is 0 Å². The van der Waals surface area contributed by atoms with Crippen LogP contribution in [0, 0.1) is 5.92 Å². The van der Waals surface area contributed by atoms with E-state index in [1.807, 2.05) is 13.0 Å². The molecule has 1 aliphatic rings. The van der Waals surface area contributed by atoms with Gasteiger partial charge in [0.25, 0.3) is 0 Å². The third-order valence-electron chi connectivity index (χ3n) is 2.81. The molecule has 0 unspecified atom stereocenters. The molecule has 0 N–H and O–H groups in total. The minimum absolute atomic E-state index is 0.0377. The van der Waals surface area contributed by atoms with Crippen LogP contribution in [0.2, 0.25) is 0 Å². The molecular weight excluding hydrogens is 198 g/mol. The number of hydrogen-bond donors (Lipinski definition) is 0. The number of rotatable bonds is 4. The highest BCUT2D eigenvalue weighted by atomic mass is 19.3. The van der Waals surface area contributed by atoms with Crippen LogP contribution in [0.1, 0.15) is 45.4 Å². The highest BCUT2D eigenvalue weighted by Gasteiger charge is 2.33. The Morgan fingerprint density at radius 1 is 1.40 bits per heavy atom. The maximum absolute atomic E-state index is 12.8. The summed E-state index contributed by atoms with van der Waals surface area (Å²) in [5.41, 5.74) is 0. The van der Waals surface area contributed by atoms with E-state index in [-0.39, 0.29) is 24.5 Å². The average Bonchev–Trinajstić information content (AvgIpc) is 2.17. The Kier molecular flexibility index (Phi) is 4.43. The van der Waals surface area contributed by atoms with Crippen LogP contribution in [0.4, 0.5) is 8.78 Å². The monoisotopic (exact) mass is 216 g/mol. The van der Waals surface area contributed by atoms with Gasteiger partial charge in [-0.2, -0.15) is 0 Å². The van der Waals surface area contributed by atoms with Gasteiger partial charge in [-0.1, -0.05) is 13.0 Å². The van der Waals surface area contributed by atoms with E-state index in [4.69, 9.17) is 0 Å². The van der Waals surface area contributed by atoms with Crippen LogP contribution in [0.3, 0.4) is 0 Å². The van der Waals surface area contributed by atoms with Gasteiger partial charge >= 0.3 is 0 Å². The summed E-state index contributed by atoms with van der Waals surface area (Å²) in [5.74, 6) is -2.20. The predicted molar refractivity (Wildman–Crippen MR) is 56.0 cm³/mol. The molecule has 0 amide bonds. The van der Waals surface area contributed by atoms with Crippen molar-refractivity contribution in [3.05, 3.63) is 12.2 Å². The molecule has 1 aliphatic carbocycles. The second-order valence-corrected chi connectivity index (χ2v) is 4.27. The molecular formula is C12H18F2O. The van der Waals surface area contributed by atoms with Crippen LogP contribution in [0.25, 0.3) is 0 Å². The smallest absolute Gasteiger partial charge is 0.248 e. The quantitative estimate of drug-likeness (QED) is 0.654. The number of ketones is 1. The van der Waals surface area contributed by atoms with Gasteiger partial charge in [-0.15, -0.1) is 0 Å². The lowest BCUT2D eigenvalue weighted by Gasteiger charge is -2.26. The van der Waals surface area contributed by atoms with Crippen LogP contribution >= 0.6 is 0 Å². The zero-order valence-corrected chi connectivity index (χ0v) is 9.14. The zero-order valence-electron chi connectivity index (χ0n) is 9.14. The van der Waals surface area contributed by atoms with Crippen molar-refractivity contribution >= 4 is 5.78 Å². The van der Waals surface area contributed by atoms with Gasteiger partial charge in [0, 0.05) is 19.3 Å². The maximum atomic E-state index is 12.8. The summed E-state index contributed by atoms with van der Waals surface area (Å²) in [6.07, 6.45) is 5.70. The lowest BCUT2D eigenvalue weighted by atomic mass is 9.86. The molecule has 0 aliphatic heterocycles. The fourth-order valence-corrected chi connectivity index (χ4v) is 1.83. The first-order chi connectivity index (χ1) is 7.03. The van der Waals surface area contributed by atoms with E-state index in [1.165, 1.54) is 0 Å². The third kappa shape index (κ3) is 4.54. The number of halogens is 2. The van der Waals surface area contributed by atoms with Crippen molar-refractivity contribution in [3.63, 3.8) is 0 Å². The number of allylic oxidation sites excluding steroid dienone is 2. The summed E-state index contributed by atoms with van der Waals surface area (Å²) < 4.78 is 25.6. The summed E-state index contributed by atoms with van der Waals surface area (Å²) in [6, 6.07) is 0. The SMILES string of the molecule is CCCC(=O)C=CC1CCC(F)(F)CC1. The van der Waals surface area contributed by atoms with Gasteiger partial charge in [-0.25, -0.2) is 8.78 Å². The molecule has 0 aromatic carbocycles. The summed E-state index contributed by atoms with van der Waals surface area (Å²) in [6.45, 7) is 1.95. The Hall–Kier alpha value is -0.730. The highest BCUT2D eigenvalue weighted by Crippen LogP contribution is 2.36. The van der Waals surface area contributed by atoms with Gasteiger partial charge in [0.1, 0.15) is 0 Å². The van der Waals surface area contributed by atoms with Crippen LogP contribution in [-0.4, -0.2) is 11.7 Å². The van der Waals surface area contributed by atoms with E-state index < -0.39 is 5.92 Å². The van der Waals surface area contributed by atoms with Gasteiger partial charge < -0.3 is 0 Å². The van der Waals surface area contributed by atoms with Crippen LogP contribution in [0.15, 0.2) is 12.2 Å². The number of hydrogen-bond acceptors (Lipinski definition) is 1. The topological polar surface area (TPSA) is 17.1 Å². The molecule has 1 rings (SSSR count). The van der Waals surface area contributed by atoms with Gasteiger partial charge in [-0.3, -0.25) is 4.79 Å². The molecule has 1 fully saturated rings. The Morgan fingerprint density at radius 3 is 2.53 bits per heavy atom. The normalized spacial score (nSPS) is 22.1. The Bertz CT molecular complexity index is 236. The van der Waals surface area contributed by atoms with Crippen LogP contribution in [0.5, 0.6) is 0 Å². The van der Waals surface area contributed by atoms with Gasteiger partial charge in [0.15, 0.2) is 5.78 Å². The molecule has 86 valence electrons. The van der Waals surface area contributed by atoms with Crippen LogP contribution in [-0.2, 0) is 4.79 Å². The predicted octanol–water partition coefficient (Wildman–Crippen LogP) is 3.74. The van der Waals surface area contributed by atoms with E-state index in [2.05, 4.69) is 0 Å². The van der Waals surface area contributed by atoms with Gasteiger partial charge in [-0.05, 0) is 31.3 Å². The molecule has 1 saturated carbocycles. The first-order valence-electron chi connectivity index (χ1n) is 5.62. The first kappa shape index (κ1) is 12.3. The van der Waals surface area contributed by atoms with Crippen molar-refractivity contribution in [2.45, 2.75) is 51.4 Å². The molecule has 0 saturated heterocycles. The Labute approximate surface area is 89.6 Å². The summed E-state index contributed by atoms with van der Waals surface area (Å²) in [4.78, 5) is 11.2. The third-order valence-corrected chi connectivity index (χ3v) is 2.81. The highest BCUT2D eigenvalue weighted by molar-refractivity contribution is 5.89. The first-order valence-corrected chi connectivity index (χ1v) is 5.62. The molecule has 0 aromatic heterocycles. The Balaban J connectivity index is 2.32. The molecule has 0 atom stereocenters. The van der Waals surface area contributed by atoms with Gasteiger partial charge in [0.05, 0.1) is 0 Å². The molecule has 0 radical (unpaired) electrons. The van der Waals surface area contributed by atoms with Crippen molar-refractivity contribution < 1.29 is 13.6 Å². The Morgan fingerprint density at radius 2 is 2.00 bits per heavy atom. The standard InChI is InChI=1S/C12H18F2O/c1-2-3-11(15)5-4-10-6-8-12(13,14)9-7-10/h4-5,10H,2-3,6-9H2,1H3. The van der Waals surface area contributed by atoms with Crippen molar-refractivity contribution in [2.24, 2.45) is 5.92 Å². The number of carbonyl (C=O) groups is 1. The van der Waals surface area contributed by atoms with E-state index in [0.29, 0.717) is 19.3 Å². The molecule has 0 aromatic rings. The van der Waals surface area contributed by atoms with E-state index in [9.17, 15) is 13.6 Å². The molecule has 0 bridgehead atoms. The fraction of sp³-hybridized carbons (Fsp3) is 0.750. The average molecular weight is 216 g/mol. The lowest BCUT2D eigenvalue weighted by Crippen LogP contribution is -2.23. The summed E-state index contributed by atoms with van der Waals surface area (Å²) in [7, 11) is 0. The lowest BCUT2D eigenvalue weighted by molar-refractivity contribution is -0.114. The molecule has 15 heavy (non-hydrogen) atoms. The second kappa shape index (κ2) is 5.38. The summed E-state index contributed by atoms with van der Waals surface area (Å²) in [5, 5.41) is 0. The second-order valence-electron chi connectivity index (χ2n) is 4.27. The molecule has 1 nitrogen and oxygen atoms in total. The van der Waals surface area contributed by atoms with E-state index >= 15 is 0 Å². The maximum Gasteiger partial charge on any atom is 0.248 e. The molecule has 3 heteroatoms. The van der Waals surface area contributed by atoms with E-state index in [0.717, 1.165) is 6.42 Å². The fourth-order valence-electron chi connectivity index (χ4n) is 1.83. The molecule has 0 spiro atoms. The minimum Gasteiger partial charge on any atom is -0.295 e. The molecule has 0 heterocycles. The largest absolute Gasteiger partial charge is 0.295 e. The van der Waals surface area contributed by atoms with Gasteiger partial charge in [0.2, 0.25) is 5.92 Å². The number of alkyl halides is 2. The summed E-state index contributed by atoms with van der Waals surface area (Å²) >= 11 is 0. The number of carbonyl (C=O) groups excluding carboxylic acids is 1.